The number of nitrogens with zero attached hydrogens (tertiary/aromatic N) is 2. The zero-order chi connectivity index (χ0) is 27.7. The predicted octanol–water partition coefficient (Wildman–Crippen LogP) is 6.85. The number of carbonyl (C=O) groups is 1. The Labute approximate surface area is 224 Å². The average molecular weight is 529 g/mol. The van der Waals surface area contributed by atoms with Crippen LogP contribution in [-0.2, 0) is 0 Å². The van der Waals surface area contributed by atoms with Gasteiger partial charge < -0.3 is 10.6 Å². The van der Waals surface area contributed by atoms with Crippen molar-refractivity contribution < 1.29 is 14.6 Å². The van der Waals surface area contributed by atoms with Gasteiger partial charge >= 0.3 is 0 Å². The molecule has 0 spiro atoms. The second kappa shape index (κ2) is 12.8. The van der Waals surface area contributed by atoms with E-state index in [4.69, 9.17) is 12.2 Å². The van der Waals surface area contributed by atoms with E-state index >= 15 is 0 Å². The van der Waals surface area contributed by atoms with Gasteiger partial charge in [-0.25, -0.2) is 0 Å². The van der Waals surface area contributed by atoms with E-state index in [0.717, 1.165) is 22.4 Å². The number of amides is 1. The lowest BCUT2D eigenvalue weighted by molar-refractivity contribution is -0.385. The molecule has 0 fully saturated rings. The molecule has 0 atom stereocenters. The van der Waals surface area contributed by atoms with Crippen molar-refractivity contribution in [2.24, 2.45) is 0 Å². The maximum Gasteiger partial charge on any atom is 0.269 e. The fraction of sp³-hybridized carbons (Fsp3) is 0.0714. The number of benzene rings is 4. The Kier molecular flexibility index (Phi) is 9.33. The van der Waals surface area contributed by atoms with Gasteiger partial charge in [-0.1, -0.05) is 36.5 Å². The van der Waals surface area contributed by atoms with Gasteiger partial charge in [0.25, 0.3) is 17.3 Å². The lowest BCUT2D eigenvalue weighted by Crippen LogP contribution is -2.11. The summed E-state index contributed by atoms with van der Waals surface area (Å²) < 4.78 is 0. The van der Waals surface area contributed by atoms with Crippen LogP contribution in [0.1, 0.15) is 27.0 Å². The van der Waals surface area contributed by atoms with Gasteiger partial charge in [0.05, 0.1) is 9.85 Å². The highest BCUT2D eigenvalue weighted by molar-refractivity contribution is 7.81. The van der Waals surface area contributed by atoms with E-state index in [9.17, 15) is 25.0 Å². The minimum atomic E-state index is -0.498. The summed E-state index contributed by atoms with van der Waals surface area (Å²) in [4.78, 5) is 32.6. The number of non-ortho nitro benzene ring substituents is 2. The second-order valence-electron chi connectivity index (χ2n) is 8.26. The van der Waals surface area contributed by atoms with Gasteiger partial charge in [-0.15, -0.1) is 0 Å². The molecule has 2 N–H and O–H groups in total. The summed E-state index contributed by atoms with van der Waals surface area (Å²) in [6.45, 7) is 3.93. The molecule has 0 aliphatic rings. The van der Waals surface area contributed by atoms with E-state index in [0.29, 0.717) is 16.2 Å². The van der Waals surface area contributed by atoms with E-state index in [1.54, 1.807) is 18.2 Å². The Morgan fingerprint density at radius 3 is 1.50 bits per heavy atom. The quantitative estimate of drug-likeness (QED) is 0.159. The third-order valence-electron chi connectivity index (χ3n) is 5.23. The Morgan fingerprint density at radius 1 is 0.658 bits per heavy atom. The Morgan fingerprint density at radius 2 is 1.08 bits per heavy atom. The van der Waals surface area contributed by atoms with Gasteiger partial charge in [0.1, 0.15) is 4.99 Å². The Bertz CT molecular complexity index is 1360. The van der Waals surface area contributed by atoms with E-state index < -0.39 is 9.85 Å². The summed E-state index contributed by atoms with van der Waals surface area (Å²) in [7, 11) is 0. The average Bonchev–Trinajstić information content (AvgIpc) is 2.89. The molecule has 0 saturated carbocycles. The number of nitro groups is 2. The van der Waals surface area contributed by atoms with Gasteiger partial charge in [-0.3, -0.25) is 25.0 Å². The first-order chi connectivity index (χ1) is 18.1. The van der Waals surface area contributed by atoms with Crippen LogP contribution in [0.4, 0.5) is 22.7 Å². The van der Waals surface area contributed by atoms with E-state index in [1.165, 1.54) is 36.4 Å². The number of thiocarbonyl (C=S) groups is 1. The number of anilines is 2. The summed E-state index contributed by atoms with van der Waals surface area (Å²) in [6.07, 6.45) is 0. The van der Waals surface area contributed by atoms with Gasteiger partial charge in [0.15, 0.2) is 0 Å². The monoisotopic (exact) mass is 528 g/mol. The van der Waals surface area contributed by atoms with Crippen LogP contribution >= 0.6 is 12.2 Å². The molecule has 0 aliphatic heterocycles. The molecule has 1 amide bonds. The normalized spacial score (nSPS) is 9.95. The van der Waals surface area contributed by atoms with E-state index in [2.05, 4.69) is 10.6 Å². The van der Waals surface area contributed by atoms with E-state index in [-0.39, 0.29) is 17.3 Å². The van der Waals surface area contributed by atoms with Crippen molar-refractivity contribution in [3.63, 3.8) is 0 Å². The van der Waals surface area contributed by atoms with Crippen LogP contribution in [0.2, 0.25) is 0 Å². The van der Waals surface area contributed by atoms with Crippen molar-refractivity contribution >= 4 is 45.9 Å². The molecule has 0 radical (unpaired) electrons. The highest BCUT2D eigenvalue weighted by Gasteiger charge is 2.10. The minimum Gasteiger partial charge on any atom is -0.346 e. The molecule has 0 bridgehead atoms. The van der Waals surface area contributed by atoms with Crippen molar-refractivity contribution in [2.75, 3.05) is 10.6 Å². The third kappa shape index (κ3) is 8.04. The summed E-state index contributed by atoms with van der Waals surface area (Å²) in [5.41, 5.74) is 4.94. The molecule has 0 aliphatic carbocycles. The molecule has 0 aromatic heterocycles. The molecule has 0 saturated heterocycles. The molecule has 4 rings (SSSR count). The summed E-state index contributed by atoms with van der Waals surface area (Å²) >= 11 is 5.27. The first-order valence-corrected chi connectivity index (χ1v) is 11.8. The van der Waals surface area contributed by atoms with Crippen molar-refractivity contribution in [1.82, 2.24) is 0 Å². The Hall–Kier alpha value is -4.96. The highest BCUT2D eigenvalue weighted by Crippen LogP contribution is 2.16. The number of rotatable bonds is 6. The van der Waals surface area contributed by atoms with Crippen LogP contribution in [0, 0.1) is 34.1 Å². The Balaban J connectivity index is 0.000000211. The van der Waals surface area contributed by atoms with Gasteiger partial charge in [0, 0.05) is 46.8 Å². The summed E-state index contributed by atoms with van der Waals surface area (Å²) in [6, 6.07) is 26.9. The zero-order valence-corrected chi connectivity index (χ0v) is 21.4. The molecule has 9 nitrogen and oxygen atoms in total. The standard InChI is InChI=1S/C14H12N2O3.C14H12N2O2S/c1-10-3-2-4-12(9-10)15-14(17)11-5-7-13(8-6-11)16(18)19;1-10-3-2-4-12(9-10)15-14(19)11-5-7-13(8-6-11)16(17)18/h2-9H,1H3,(H,15,17);2-9H,1H3,(H,15,19). The van der Waals surface area contributed by atoms with Crippen LogP contribution in [-0.4, -0.2) is 20.7 Å². The van der Waals surface area contributed by atoms with Crippen LogP contribution in [0.25, 0.3) is 0 Å². The van der Waals surface area contributed by atoms with Gasteiger partial charge in [0.2, 0.25) is 0 Å². The lowest BCUT2D eigenvalue weighted by atomic mass is 10.1. The van der Waals surface area contributed by atoms with Gasteiger partial charge in [-0.2, -0.15) is 0 Å². The number of hydrogen-bond acceptors (Lipinski definition) is 6. The maximum absolute atomic E-state index is 11.9. The third-order valence-corrected chi connectivity index (χ3v) is 5.57. The molecule has 4 aromatic carbocycles. The lowest BCUT2D eigenvalue weighted by Gasteiger charge is -2.08. The fourth-order valence-electron chi connectivity index (χ4n) is 3.32. The molecule has 0 heterocycles. The van der Waals surface area contributed by atoms with Crippen molar-refractivity contribution in [3.8, 4) is 0 Å². The minimum absolute atomic E-state index is 0.0351. The molecular formula is C28H24N4O5S. The maximum atomic E-state index is 11.9. The van der Waals surface area contributed by atoms with Crippen LogP contribution < -0.4 is 10.6 Å². The number of nitro benzene ring substituents is 2. The molecule has 10 heteroatoms. The first kappa shape index (κ1) is 27.6. The largest absolute Gasteiger partial charge is 0.346 e. The number of nitrogens with one attached hydrogen (secondary N) is 2. The molecule has 38 heavy (non-hydrogen) atoms. The summed E-state index contributed by atoms with van der Waals surface area (Å²) in [5.74, 6) is -0.291. The fourth-order valence-corrected chi connectivity index (χ4v) is 3.58. The summed E-state index contributed by atoms with van der Waals surface area (Å²) in [5, 5.41) is 26.9. The first-order valence-electron chi connectivity index (χ1n) is 11.4. The zero-order valence-electron chi connectivity index (χ0n) is 20.6. The molecule has 4 aromatic rings. The van der Waals surface area contributed by atoms with Gasteiger partial charge in [-0.05, 0) is 73.5 Å². The number of hydrogen-bond donors (Lipinski definition) is 2. The topological polar surface area (TPSA) is 127 Å². The second-order valence-corrected chi connectivity index (χ2v) is 8.66. The number of aryl methyl sites for hydroxylation is 2. The number of carbonyl (C=O) groups excluding carboxylic acids is 1. The smallest absolute Gasteiger partial charge is 0.269 e. The van der Waals surface area contributed by atoms with Crippen molar-refractivity contribution in [3.05, 3.63) is 140 Å². The van der Waals surface area contributed by atoms with Crippen LogP contribution in [0.5, 0.6) is 0 Å². The predicted molar refractivity (Wildman–Crippen MR) is 152 cm³/mol. The molecule has 0 unspecified atom stereocenters. The van der Waals surface area contributed by atoms with Crippen molar-refractivity contribution in [2.45, 2.75) is 13.8 Å². The SMILES string of the molecule is Cc1cccc(NC(=O)c2ccc([N+](=O)[O-])cc2)c1.Cc1cccc(NC(=S)c2ccc([N+](=O)[O-])cc2)c1. The van der Waals surface area contributed by atoms with Crippen LogP contribution in [0.3, 0.4) is 0 Å². The molecular weight excluding hydrogens is 504 g/mol. The molecule has 192 valence electrons. The van der Waals surface area contributed by atoms with Crippen molar-refractivity contribution in [1.29, 1.82) is 0 Å². The highest BCUT2D eigenvalue weighted by atomic mass is 32.1. The van der Waals surface area contributed by atoms with E-state index in [1.807, 2.05) is 56.3 Å². The van der Waals surface area contributed by atoms with Crippen LogP contribution in [0.15, 0.2) is 97.1 Å².